The third-order valence-corrected chi connectivity index (χ3v) is 2.63. The molecule has 0 aliphatic heterocycles. The molecule has 102 valence electrons. The maximum atomic E-state index is 13.5. The van der Waals surface area contributed by atoms with E-state index in [-0.39, 0.29) is 5.56 Å². The van der Waals surface area contributed by atoms with Gasteiger partial charge in [0.2, 0.25) is 0 Å². The molecule has 0 saturated carbocycles. The average Bonchev–Trinajstić information content (AvgIpc) is 2.38. The van der Waals surface area contributed by atoms with Gasteiger partial charge in [-0.15, -0.1) is 0 Å². The van der Waals surface area contributed by atoms with Gasteiger partial charge < -0.3 is 4.74 Å². The molecular weight excluding hydrogens is 245 g/mol. The van der Waals surface area contributed by atoms with Gasteiger partial charge in [0.05, 0.1) is 0 Å². The number of benzene rings is 1. The summed E-state index contributed by atoms with van der Waals surface area (Å²) in [5.41, 5.74) is 2.42. The van der Waals surface area contributed by atoms with Gasteiger partial charge in [-0.1, -0.05) is 6.07 Å². The number of hydrogen-bond acceptors (Lipinski definition) is 3. The second kappa shape index (κ2) is 7.35. The molecule has 1 aromatic carbocycles. The fourth-order valence-electron chi connectivity index (χ4n) is 1.67. The zero-order chi connectivity index (χ0) is 13.5. The molecule has 0 bridgehead atoms. The van der Waals surface area contributed by atoms with E-state index in [1.807, 2.05) is 6.92 Å². The highest BCUT2D eigenvalue weighted by Gasteiger charge is 2.19. The van der Waals surface area contributed by atoms with E-state index in [0.717, 1.165) is 6.07 Å². The fourth-order valence-corrected chi connectivity index (χ4v) is 1.67. The van der Waals surface area contributed by atoms with Crippen LogP contribution >= 0.6 is 0 Å². The Morgan fingerprint density at radius 3 is 2.61 bits per heavy atom. The van der Waals surface area contributed by atoms with Crippen LogP contribution in [0.5, 0.6) is 0 Å². The Balaban J connectivity index is 2.73. The Morgan fingerprint density at radius 1 is 1.28 bits per heavy atom. The molecule has 0 fully saturated rings. The van der Waals surface area contributed by atoms with Gasteiger partial charge in [-0.25, -0.2) is 13.2 Å². The number of nitrogens with two attached hydrogens (primary N) is 1. The summed E-state index contributed by atoms with van der Waals surface area (Å²) in [5.74, 6) is 1.42. The number of nitrogens with one attached hydrogen (secondary N) is 1. The third kappa shape index (κ3) is 3.69. The predicted molar refractivity (Wildman–Crippen MR) is 62.1 cm³/mol. The van der Waals surface area contributed by atoms with Crippen LogP contribution in [-0.4, -0.2) is 13.2 Å². The highest BCUT2D eigenvalue weighted by atomic mass is 19.2. The van der Waals surface area contributed by atoms with Crippen molar-refractivity contribution < 1.29 is 17.9 Å². The standard InChI is InChI=1S/C12H17F3N2O/c1-2-18-7-3-4-10(17-16)8-5-6-9(13)12(15)11(8)14/h5-6,10,17H,2-4,7,16H2,1H3. The number of hydrogen-bond donors (Lipinski definition) is 2. The molecule has 0 heterocycles. The summed E-state index contributed by atoms with van der Waals surface area (Å²) in [6.45, 7) is 2.98. The monoisotopic (exact) mass is 262 g/mol. The number of ether oxygens (including phenoxy) is 1. The van der Waals surface area contributed by atoms with Crippen LogP contribution in [0.2, 0.25) is 0 Å². The number of hydrazine groups is 1. The lowest BCUT2D eigenvalue weighted by atomic mass is 10.0. The van der Waals surface area contributed by atoms with Gasteiger partial charge in [0.15, 0.2) is 17.5 Å². The summed E-state index contributed by atoms with van der Waals surface area (Å²) in [5, 5.41) is 0. The van der Waals surface area contributed by atoms with Crippen molar-refractivity contribution in [1.82, 2.24) is 5.43 Å². The van der Waals surface area contributed by atoms with Crippen LogP contribution in [-0.2, 0) is 4.74 Å². The van der Waals surface area contributed by atoms with Gasteiger partial charge in [-0.05, 0) is 25.8 Å². The van der Waals surface area contributed by atoms with E-state index in [0.29, 0.717) is 26.1 Å². The van der Waals surface area contributed by atoms with E-state index in [1.54, 1.807) is 0 Å². The van der Waals surface area contributed by atoms with Gasteiger partial charge in [0, 0.05) is 24.8 Å². The maximum Gasteiger partial charge on any atom is 0.194 e. The van der Waals surface area contributed by atoms with Gasteiger partial charge in [-0.3, -0.25) is 11.3 Å². The number of rotatable bonds is 7. The Labute approximate surface area is 104 Å². The van der Waals surface area contributed by atoms with Crippen molar-refractivity contribution >= 4 is 0 Å². The topological polar surface area (TPSA) is 47.3 Å². The summed E-state index contributed by atoms with van der Waals surface area (Å²) < 4.78 is 44.6. The lowest BCUT2D eigenvalue weighted by molar-refractivity contribution is 0.140. The van der Waals surface area contributed by atoms with Crippen LogP contribution in [0.4, 0.5) is 13.2 Å². The molecule has 3 nitrogen and oxygen atoms in total. The molecule has 1 atom stereocenters. The SMILES string of the molecule is CCOCCCC(NN)c1ccc(F)c(F)c1F. The van der Waals surface area contributed by atoms with Crippen molar-refractivity contribution in [3.8, 4) is 0 Å². The van der Waals surface area contributed by atoms with Crippen LogP contribution in [0, 0.1) is 17.5 Å². The summed E-state index contributed by atoms with van der Waals surface area (Å²) in [7, 11) is 0. The van der Waals surface area contributed by atoms with Crippen LogP contribution in [0.25, 0.3) is 0 Å². The molecule has 1 unspecified atom stereocenters. The van der Waals surface area contributed by atoms with E-state index in [4.69, 9.17) is 10.6 Å². The summed E-state index contributed by atoms with van der Waals surface area (Å²) in [6, 6.07) is 1.51. The molecule has 1 aromatic rings. The van der Waals surface area contributed by atoms with Gasteiger partial charge in [0.25, 0.3) is 0 Å². The maximum absolute atomic E-state index is 13.5. The third-order valence-electron chi connectivity index (χ3n) is 2.63. The molecular formula is C12H17F3N2O. The molecule has 0 aliphatic carbocycles. The molecule has 6 heteroatoms. The molecule has 0 radical (unpaired) electrons. The zero-order valence-electron chi connectivity index (χ0n) is 10.2. The van der Waals surface area contributed by atoms with Gasteiger partial charge >= 0.3 is 0 Å². The predicted octanol–water partition coefficient (Wildman–Crippen LogP) is 2.42. The average molecular weight is 262 g/mol. The first-order valence-electron chi connectivity index (χ1n) is 5.79. The summed E-state index contributed by atoms with van der Waals surface area (Å²) in [6.07, 6.45) is 1.11. The van der Waals surface area contributed by atoms with Crippen LogP contribution in [0.1, 0.15) is 31.4 Å². The van der Waals surface area contributed by atoms with Crippen molar-refractivity contribution in [1.29, 1.82) is 0 Å². The van der Waals surface area contributed by atoms with Gasteiger partial charge in [0.1, 0.15) is 0 Å². The van der Waals surface area contributed by atoms with Crippen LogP contribution in [0.15, 0.2) is 12.1 Å². The molecule has 0 spiro atoms. The second-order valence-electron chi connectivity index (χ2n) is 3.82. The minimum Gasteiger partial charge on any atom is -0.382 e. The second-order valence-corrected chi connectivity index (χ2v) is 3.82. The minimum atomic E-state index is -1.47. The van der Waals surface area contributed by atoms with E-state index >= 15 is 0 Å². The lowest BCUT2D eigenvalue weighted by Gasteiger charge is -2.17. The molecule has 0 aromatic heterocycles. The number of halogens is 3. The molecule has 3 N–H and O–H groups in total. The molecule has 18 heavy (non-hydrogen) atoms. The molecule has 0 saturated heterocycles. The first-order chi connectivity index (χ1) is 8.61. The highest BCUT2D eigenvalue weighted by Crippen LogP contribution is 2.24. The first kappa shape index (κ1) is 14.9. The van der Waals surface area contributed by atoms with E-state index in [9.17, 15) is 13.2 Å². The van der Waals surface area contributed by atoms with E-state index < -0.39 is 23.5 Å². The van der Waals surface area contributed by atoms with Crippen LogP contribution < -0.4 is 11.3 Å². The van der Waals surface area contributed by atoms with Crippen molar-refractivity contribution in [3.63, 3.8) is 0 Å². The minimum absolute atomic E-state index is 0.0212. The molecule has 0 aliphatic rings. The fraction of sp³-hybridized carbons (Fsp3) is 0.500. The van der Waals surface area contributed by atoms with E-state index in [2.05, 4.69) is 5.43 Å². The smallest absolute Gasteiger partial charge is 0.194 e. The Morgan fingerprint density at radius 2 is 2.00 bits per heavy atom. The van der Waals surface area contributed by atoms with Crippen molar-refractivity contribution in [2.45, 2.75) is 25.8 Å². The van der Waals surface area contributed by atoms with Crippen molar-refractivity contribution in [2.75, 3.05) is 13.2 Å². The molecule has 1 rings (SSSR count). The van der Waals surface area contributed by atoms with Crippen molar-refractivity contribution in [3.05, 3.63) is 35.1 Å². The Hall–Kier alpha value is -1.11. The molecule has 0 amide bonds. The quantitative estimate of drug-likeness (QED) is 0.343. The Bertz CT molecular complexity index is 388. The lowest BCUT2D eigenvalue weighted by Crippen LogP contribution is -2.29. The van der Waals surface area contributed by atoms with E-state index in [1.165, 1.54) is 6.07 Å². The normalized spacial score (nSPS) is 12.7. The highest BCUT2D eigenvalue weighted by molar-refractivity contribution is 5.23. The largest absolute Gasteiger partial charge is 0.382 e. The Kier molecular flexibility index (Phi) is 6.11. The van der Waals surface area contributed by atoms with Crippen LogP contribution in [0.3, 0.4) is 0 Å². The first-order valence-corrected chi connectivity index (χ1v) is 5.79. The summed E-state index contributed by atoms with van der Waals surface area (Å²) >= 11 is 0. The zero-order valence-corrected chi connectivity index (χ0v) is 10.2. The summed E-state index contributed by atoms with van der Waals surface area (Å²) in [4.78, 5) is 0. The van der Waals surface area contributed by atoms with Gasteiger partial charge in [-0.2, -0.15) is 0 Å². The van der Waals surface area contributed by atoms with Crippen molar-refractivity contribution in [2.24, 2.45) is 5.84 Å².